The van der Waals surface area contributed by atoms with E-state index < -0.39 is 0 Å². The minimum Gasteiger partial charge on any atom is -0.497 e. The fraction of sp³-hybridized carbons (Fsp3) is 0.353. The summed E-state index contributed by atoms with van der Waals surface area (Å²) < 4.78 is 5.20. The predicted molar refractivity (Wildman–Crippen MR) is 81.1 cm³/mol. The summed E-state index contributed by atoms with van der Waals surface area (Å²) in [6.45, 7) is 2.17. The van der Waals surface area contributed by atoms with Crippen molar-refractivity contribution in [2.75, 3.05) is 20.2 Å². The molecule has 3 heteroatoms. The molecule has 0 bridgehead atoms. The number of hydrogen-bond donors (Lipinski definition) is 1. The average molecular weight is 268 g/mol. The molecule has 20 heavy (non-hydrogen) atoms. The van der Waals surface area contributed by atoms with Gasteiger partial charge in [0.2, 0.25) is 0 Å². The van der Waals surface area contributed by atoms with E-state index in [0.717, 1.165) is 30.1 Å². The molecule has 1 fully saturated rings. The highest BCUT2D eigenvalue weighted by Gasteiger charge is 2.16. The summed E-state index contributed by atoms with van der Waals surface area (Å²) in [4.78, 5) is 4.84. The molecule has 0 unspecified atom stereocenters. The first-order valence-electron chi connectivity index (χ1n) is 7.19. The van der Waals surface area contributed by atoms with Crippen molar-refractivity contribution in [3.05, 3.63) is 48.2 Å². The number of piperidine rings is 1. The molecule has 0 amide bonds. The molecular formula is C17H20N2O. The van der Waals surface area contributed by atoms with Gasteiger partial charge in [-0.1, -0.05) is 6.07 Å². The molecule has 1 N–H and O–H groups in total. The Bertz CT molecular complexity index is 559. The number of methoxy groups -OCH3 is 1. The summed E-state index contributed by atoms with van der Waals surface area (Å²) in [5, 5.41) is 3.45. The molecule has 1 aliphatic heterocycles. The van der Waals surface area contributed by atoms with E-state index in [1.807, 2.05) is 12.1 Å². The van der Waals surface area contributed by atoms with Crippen LogP contribution in [-0.4, -0.2) is 25.2 Å². The lowest BCUT2D eigenvalue weighted by Crippen LogP contribution is -2.28. The van der Waals surface area contributed by atoms with E-state index in [1.54, 1.807) is 7.11 Å². The number of hydrogen-bond acceptors (Lipinski definition) is 3. The van der Waals surface area contributed by atoms with Crippen LogP contribution in [0.2, 0.25) is 0 Å². The van der Waals surface area contributed by atoms with Gasteiger partial charge in [0.25, 0.3) is 0 Å². The van der Waals surface area contributed by atoms with E-state index in [-0.39, 0.29) is 0 Å². The molecule has 0 saturated carbocycles. The van der Waals surface area contributed by atoms with Gasteiger partial charge in [0, 0.05) is 23.7 Å². The highest BCUT2D eigenvalue weighted by Crippen LogP contribution is 2.25. The second-order valence-corrected chi connectivity index (χ2v) is 5.22. The van der Waals surface area contributed by atoms with Crippen LogP contribution in [-0.2, 0) is 0 Å². The zero-order valence-electron chi connectivity index (χ0n) is 11.8. The molecular weight excluding hydrogens is 248 g/mol. The first kappa shape index (κ1) is 13.1. The first-order valence-corrected chi connectivity index (χ1v) is 7.19. The summed E-state index contributed by atoms with van der Waals surface area (Å²) in [5.74, 6) is 1.42. The Labute approximate surface area is 120 Å². The number of pyridine rings is 1. The molecule has 0 aliphatic carbocycles. The predicted octanol–water partition coefficient (Wildman–Crippen LogP) is 3.22. The lowest BCUT2D eigenvalue weighted by molar-refractivity contribution is 0.415. The lowest BCUT2D eigenvalue weighted by atomic mass is 9.95. The third kappa shape index (κ3) is 2.83. The van der Waals surface area contributed by atoms with Crippen molar-refractivity contribution >= 4 is 0 Å². The van der Waals surface area contributed by atoms with Crippen molar-refractivity contribution in [2.45, 2.75) is 18.8 Å². The number of rotatable bonds is 3. The molecule has 1 atom stereocenters. The quantitative estimate of drug-likeness (QED) is 0.928. The first-order chi connectivity index (χ1) is 9.86. The Balaban J connectivity index is 1.85. The molecule has 1 aromatic heterocycles. The van der Waals surface area contributed by atoms with Crippen molar-refractivity contribution in [3.8, 4) is 17.0 Å². The van der Waals surface area contributed by atoms with Crippen molar-refractivity contribution in [1.82, 2.24) is 10.3 Å². The number of ether oxygens (including phenoxy) is 1. The minimum atomic E-state index is 0.543. The summed E-state index contributed by atoms with van der Waals surface area (Å²) in [5.41, 5.74) is 3.37. The number of benzene rings is 1. The molecule has 1 aliphatic rings. The van der Waals surface area contributed by atoms with Crippen molar-refractivity contribution < 1.29 is 4.74 Å². The van der Waals surface area contributed by atoms with Gasteiger partial charge >= 0.3 is 0 Å². The topological polar surface area (TPSA) is 34.1 Å². The maximum atomic E-state index is 5.20. The third-order valence-corrected chi connectivity index (χ3v) is 3.87. The van der Waals surface area contributed by atoms with Crippen molar-refractivity contribution in [2.24, 2.45) is 0 Å². The lowest BCUT2D eigenvalue weighted by Gasteiger charge is -2.22. The highest BCUT2D eigenvalue weighted by molar-refractivity contribution is 5.60. The molecule has 3 rings (SSSR count). The van der Waals surface area contributed by atoms with Gasteiger partial charge in [0.1, 0.15) is 5.75 Å². The molecule has 0 radical (unpaired) electrons. The monoisotopic (exact) mass is 268 g/mol. The van der Waals surface area contributed by atoms with Crippen LogP contribution in [0.3, 0.4) is 0 Å². The van der Waals surface area contributed by atoms with Crippen LogP contribution in [0.1, 0.15) is 24.5 Å². The molecule has 1 saturated heterocycles. The van der Waals surface area contributed by atoms with Gasteiger partial charge in [-0.15, -0.1) is 0 Å². The Morgan fingerprint density at radius 1 is 1.15 bits per heavy atom. The molecule has 1 aromatic carbocycles. The van der Waals surface area contributed by atoms with Crippen LogP contribution in [0.15, 0.2) is 42.5 Å². The van der Waals surface area contributed by atoms with Crippen LogP contribution in [0.25, 0.3) is 11.3 Å². The molecule has 0 spiro atoms. The zero-order valence-corrected chi connectivity index (χ0v) is 11.8. The van der Waals surface area contributed by atoms with E-state index in [0.29, 0.717) is 5.92 Å². The van der Waals surface area contributed by atoms with Gasteiger partial charge in [-0.25, -0.2) is 0 Å². The largest absolute Gasteiger partial charge is 0.497 e. The maximum absolute atomic E-state index is 5.20. The van der Waals surface area contributed by atoms with Crippen molar-refractivity contribution in [1.29, 1.82) is 0 Å². The Kier molecular flexibility index (Phi) is 3.97. The van der Waals surface area contributed by atoms with Crippen LogP contribution in [0.5, 0.6) is 5.75 Å². The zero-order chi connectivity index (χ0) is 13.8. The Morgan fingerprint density at radius 2 is 2.00 bits per heavy atom. The average Bonchev–Trinajstić information content (AvgIpc) is 2.56. The number of aromatic nitrogens is 1. The molecule has 104 valence electrons. The van der Waals surface area contributed by atoms with E-state index in [4.69, 9.17) is 9.72 Å². The van der Waals surface area contributed by atoms with Gasteiger partial charge in [-0.05, 0) is 55.8 Å². The van der Waals surface area contributed by atoms with Crippen LogP contribution in [0.4, 0.5) is 0 Å². The van der Waals surface area contributed by atoms with E-state index in [1.165, 1.54) is 18.5 Å². The van der Waals surface area contributed by atoms with Gasteiger partial charge in [0.15, 0.2) is 0 Å². The van der Waals surface area contributed by atoms with Gasteiger partial charge in [-0.2, -0.15) is 0 Å². The minimum absolute atomic E-state index is 0.543. The highest BCUT2D eigenvalue weighted by atomic mass is 16.5. The summed E-state index contributed by atoms with van der Waals surface area (Å²) in [7, 11) is 1.68. The van der Waals surface area contributed by atoms with E-state index >= 15 is 0 Å². The normalized spacial score (nSPS) is 18.8. The second-order valence-electron chi connectivity index (χ2n) is 5.22. The molecule has 2 aromatic rings. The van der Waals surface area contributed by atoms with Crippen molar-refractivity contribution in [3.63, 3.8) is 0 Å². The van der Waals surface area contributed by atoms with Crippen LogP contribution in [0, 0.1) is 0 Å². The molecule has 3 nitrogen and oxygen atoms in total. The summed E-state index contributed by atoms with van der Waals surface area (Å²) >= 11 is 0. The fourth-order valence-corrected chi connectivity index (χ4v) is 2.71. The fourth-order valence-electron chi connectivity index (χ4n) is 2.71. The maximum Gasteiger partial charge on any atom is 0.118 e. The standard InChI is InChI=1S/C17H20N2O/c1-20-15-9-7-13(8-10-15)16-5-2-6-17(19-16)14-4-3-11-18-12-14/h2,5-10,14,18H,3-4,11-12H2,1H3/t14-/m1/s1. The van der Waals surface area contributed by atoms with E-state index in [2.05, 4.69) is 35.6 Å². The van der Waals surface area contributed by atoms with Gasteiger partial charge in [0.05, 0.1) is 12.8 Å². The summed E-state index contributed by atoms with van der Waals surface area (Å²) in [6, 6.07) is 14.4. The third-order valence-electron chi connectivity index (χ3n) is 3.87. The smallest absolute Gasteiger partial charge is 0.118 e. The second kappa shape index (κ2) is 6.06. The van der Waals surface area contributed by atoms with E-state index in [9.17, 15) is 0 Å². The van der Waals surface area contributed by atoms with Gasteiger partial charge < -0.3 is 10.1 Å². The number of nitrogens with zero attached hydrogens (tertiary/aromatic N) is 1. The molecule has 2 heterocycles. The van der Waals surface area contributed by atoms with Crippen LogP contribution < -0.4 is 10.1 Å². The van der Waals surface area contributed by atoms with Crippen LogP contribution >= 0.6 is 0 Å². The van der Waals surface area contributed by atoms with Gasteiger partial charge in [-0.3, -0.25) is 4.98 Å². The Morgan fingerprint density at radius 3 is 2.70 bits per heavy atom. The number of nitrogens with one attached hydrogen (secondary N) is 1. The SMILES string of the molecule is COc1ccc(-c2cccc([C@@H]3CCCNC3)n2)cc1. The summed E-state index contributed by atoms with van der Waals surface area (Å²) in [6.07, 6.45) is 2.46. The Hall–Kier alpha value is -1.87.